The van der Waals surface area contributed by atoms with Crippen LogP contribution >= 0.6 is 11.8 Å². The van der Waals surface area contributed by atoms with Crippen LogP contribution in [0.4, 0.5) is 0 Å². The van der Waals surface area contributed by atoms with Gasteiger partial charge in [0.15, 0.2) is 0 Å². The van der Waals surface area contributed by atoms with Crippen molar-refractivity contribution in [1.29, 1.82) is 0 Å². The van der Waals surface area contributed by atoms with Crippen LogP contribution in [0.15, 0.2) is 53.6 Å². The summed E-state index contributed by atoms with van der Waals surface area (Å²) >= 11 is 1.99. The molecule has 0 amide bonds. The van der Waals surface area contributed by atoms with Crippen molar-refractivity contribution in [3.63, 3.8) is 0 Å². The van der Waals surface area contributed by atoms with Gasteiger partial charge in [0.2, 0.25) is 0 Å². The lowest BCUT2D eigenvalue weighted by Crippen LogP contribution is -2.27. The summed E-state index contributed by atoms with van der Waals surface area (Å²) in [7, 11) is 0. The van der Waals surface area contributed by atoms with Crippen molar-refractivity contribution in [1.82, 2.24) is 10.3 Å². The van der Waals surface area contributed by atoms with Crippen molar-refractivity contribution in [3.05, 3.63) is 59.9 Å². The summed E-state index contributed by atoms with van der Waals surface area (Å²) in [5, 5.41) is 4.23. The Labute approximate surface area is 118 Å². The molecule has 2 atom stereocenters. The van der Waals surface area contributed by atoms with Gasteiger partial charge in [-0.15, -0.1) is 11.8 Å². The van der Waals surface area contributed by atoms with Crippen LogP contribution in [0.1, 0.15) is 24.2 Å². The SMILES string of the molecule is CC(NCC1Cc2ccccc2S1)c1ccccn1. The second kappa shape index (κ2) is 5.76. The Hall–Kier alpha value is -1.32. The van der Waals surface area contributed by atoms with Crippen LogP contribution in [-0.4, -0.2) is 16.8 Å². The van der Waals surface area contributed by atoms with Gasteiger partial charge in [-0.3, -0.25) is 4.98 Å². The van der Waals surface area contributed by atoms with Gasteiger partial charge in [-0.25, -0.2) is 0 Å². The Kier molecular flexibility index (Phi) is 3.85. The Morgan fingerprint density at radius 1 is 1.26 bits per heavy atom. The first-order valence-electron chi connectivity index (χ1n) is 6.72. The molecule has 2 aromatic rings. The molecule has 1 aliphatic rings. The van der Waals surface area contributed by atoms with Gasteiger partial charge in [-0.05, 0) is 37.1 Å². The Morgan fingerprint density at radius 3 is 2.89 bits per heavy atom. The quantitative estimate of drug-likeness (QED) is 0.921. The number of rotatable bonds is 4. The van der Waals surface area contributed by atoms with E-state index < -0.39 is 0 Å². The summed E-state index contributed by atoms with van der Waals surface area (Å²) in [5.41, 5.74) is 2.60. The van der Waals surface area contributed by atoms with Crippen molar-refractivity contribution in [3.8, 4) is 0 Å². The van der Waals surface area contributed by atoms with Crippen LogP contribution in [0, 0.1) is 0 Å². The average Bonchev–Trinajstić information content (AvgIpc) is 2.88. The van der Waals surface area contributed by atoms with E-state index in [4.69, 9.17) is 0 Å². The first-order valence-corrected chi connectivity index (χ1v) is 7.60. The molecule has 3 heteroatoms. The maximum absolute atomic E-state index is 4.39. The molecule has 0 aliphatic carbocycles. The van der Waals surface area contributed by atoms with E-state index in [0.717, 1.165) is 12.2 Å². The first-order chi connectivity index (χ1) is 9.33. The highest BCUT2D eigenvalue weighted by Crippen LogP contribution is 2.36. The molecule has 0 radical (unpaired) electrons. The zero-order chi connectivity index (χ0) is 13.1. The summed E-state index contributed by atoms with van der Waals surface area (Å²) in [5.74, 6) is 0. The van der Waals surface area contributed by atoms with Crippen LogP contribution in [0.3, 0.4) is 0 Å². The summed E-state index contributed by atoms with van der Waals surface area (Å²) in [4.78, 5) is 5.84. The van der Waals surface area contributed by atoms with Gasteiger partial charge in [0.25, 0.3) is 0 Å². The van der Waals surface area contributed by atoms with E-state index in [1.54, 1.807) is 0 Å². The molecule has 0 saturated heterocycles. The number of nitrogens with one attached hydrogen (secondary N) is 1. The predicted molar refractivity (Wildman–Crippen MR) is 80.4 cm³/mol. The summed E-state index contributed by atoms with van der Waals surface area (Å²) < 4.78 is 0. The molecule has 1 aliphatic heterocycles. The first kappa shape index (κ1) is 12.7. The zero-order valence-electron chi connectivity index (χ0n) is 11.0. The number of benzene rings is 1. The average molecular weight is 270 g/mol. The van der Waals surface area contributed by atoms with Gasteiger partial charge >= 0.3 is 0 Å². The molecule has 19 heavy (non-hydrogen) atoms. The van der Waals surface area contributed by atoms with E-state index in [-0.39, 0.29) is 0 Å². The minimum Gasteiger partial charge on any atom is -0.308 e. The molecule has 98 valence electrons. The number of hydrogen-bond acceptors (Lipinski definition) is 3. The fourth-order valence-electron chi connectivity index (χ4n) is 2.41. The number of fused-ring (bicyclic) bond motifs is 1. The largest absolute Gasteiger partial charge is 0.308 e. The monoisotopic (exact) mass is 270 g/mol. The third kappa shape index (κ3) is 2.99. The molecule has 1 aromatic heterocycles. The van der Waals surface area contributed by atoms with Crippen LogP contribution < -0.4 is 5.32 Å². The number of thioether (sulfide) groups is 1. The van der Waals surface area contributed by atoms with Gasteiger partial charge in [0.1, 0.15) is 0 Å². The van der Waals surface area contributed by atoms with Crippen molar-refractivity contribution in [2.75, 3.05) is 6.54 Å². The number of pyridine rings is 1. The number of nitrogens with zero attached hydrogens (tertiary/aromatic N) is 1. The van der Waals surface area contributed by atoms with Crippen LogP contribution in [-0.2, 0) is 6.42 Å². The summed E-state index contributed by atoms with van der Waals surface area (Å²) in [6, 6.07) is 15.1. The van der Waals surface area contributed by atoms with Gasteiger partial charge in [0, 0.05) is 28.9 Å². The Morgan fingerprint density at radius 2 is 2.11 bits per heavy atom. The molecule has 3 rings (SSSR count). The topological polar surface area (TPSA) is 24.9 Å². The van der Waals surface area contributed by atoms with E-state index in [1.165, 1.54) is 16.9 Å². The third-order valence-electron chi connectivity index (χ3n) is 3.50. The maximum atomic E-state index is 4.39. The molecular weight excluding hydrogens is 252 g/mol. The molecule has 0 saturated carbocycles. The molecular formula is C16H18N2S. The van der Waals surface area contributed by atoms with E-state index in [2.05, 4.69) is 47.6 Å². The standard InChI is InChI=1S/C16H18N2S/c1-12(15-7-4-5-9-17-15)18-11-14-10-13-6-2-3-8-16(13)19-14/h2-9,12,14,18H,10-11H2,1H3. The highest BCUT2D eigenvalue weighted by Gasteiger charge is 2.22. The van der Waals surface area contributed by atoms with Crippen molar-refractivity contribution in [2.45, 2.75) is 29.5 Å². The molecule has 2 nitrogen and oxygen atoms in total. The molecule has 2 heterocycles. The minimum absolute atomic E-state index is 0.311. The fourth-order valence-corrected chi connectivity index (χ4v) is 3.67. The van der Waals surface area contributed by atoms with Crippen LogP contribution in [0.25, 0.3) is 0 Å². The van der Waals surface area contributed by atoms with E-state index in [0.29, 0.717) is 11.3 Å². The predicted octanol–water partition coefficient (Wildman–Crippen LogP) is 3.45. The number of aromatic nitrogens is 1. The minimum atomic E-state index is 0.311. The Balaban J connectivity index is 1.55. The summed E-state index contributed by atoms with van der Waals surface area (Å²) in [6.45, 7) is 3.20. The lowest BCUT2D eigenvalue weighted by atomic mass is 10.1. The highest BCUT2D eigenvalue weighted by atomic mass is 32.2. The lowest BCUT2D eigenvalue weighted by molar-refractivity contribution is 0.555. The van der Waals surface area contributed by atoms with Crippen molar-refractivity contribution in [2.24, 2.45) is 0 Å². The molecule has 0 fully saturated rings. The maximum Gasteiger partial charge on any atom is 0.0570 e. The van der Waals surface area contributed by atoms with Crippen LogP contribution in [0.2, 0.25) is 0 Å². The molecule has 1 aromatic carbocycles. The second-order valence-corrected chi connectivity index (χ2v) is 6.28. The van der Waals surface area contributed by atoms with Gasteiger partial charge in [0.05, 0.1) is 5.69 Å². The van der Waals surface area contributed by atoms with E-state index >= 15 is 0 Å². The van der Waals surface area contributed by atoms with E-state index in [1.807, 2.05) is 30.1 Å². The molecule has 2 unspecified atom stereocenters. The lowest BCUT2D eigenvalue weighted by Gasteiger charge is -2.16. The molecule has 1 N–H and O–H groups in total. The van der Waals surface area contributed by atoms with Gasteiger partial charge in [-0.2, -0.15) is 0 Å². The summed E-state index contributed by atoms with van der Waals surface area (Å²) in [6.07, 6.45) is 3.02. The molecule has 0 spiro atoms. The van der Waals surface area contributed by atoms with Gasteiger partial charge in [-0.1, -0.05) is 24.3 Å². The number of hydrogen-bond donors (Lipinski definition) is 1. The fraction of sp³-hybridized carbons (Fsp3) is 0.312. The smallest absolute Gasteiger partial charge is 0.0570 e. The third-order valence-corrected chi connectivity index (χ3v) is 4.82. The second-order valence-electron chi connectivity index (χ2n) is 4.94. The Bertz CT molecular complexity index is 516. The van der Waals surface area contributed by atoms with Crippen molar-refractivity contribution < 1.29 is 0 Å². The highest BCUT2D eigenvalue weighted by molar-refractivity contribution is 8.00. The normalized spacial score (nSPS) is 19.1. The van der Waals surface area contributed by atoms with E-state index in [9.17, 15) is 0 Å². The zero-order valence-corrected chi connectivity index (χ0v) is 11.9. The molecule has 0 bridgehead atoms. The van der Waals surface area contributed by atoms with Crippen LogP contribution in [0.5, 0.6) is 0 Å². The van der Waals surface area contributed by atoms with Gasteiger partial charge < -0.3 is 5.32 Å². The van der Waals surface area contributed by atoms with Crippen molar-refractivity contribution >= 4 is 11.8 Å².